The van der Waals surface area contributed by atoms with Crippen molar-refractivity contribution in [2.75, 3.05) is 18.2 Å². The molecule has 0 bridgehead atoms. The molecule has 0 aliphatic rings. The van der Waals surface area contributed by atoms with Crippen LogP contribution in [-0.2, 0) is 11.3 Å². The molecule has 0 radical (unpaired) electrons. The maximum Gasteiger partial charge on any atom is 0.234 e. The van der Waals surface area contributed by atoms with Gasteiger partial charge in [-0.05, 0) is 55.8 Å². The van der Waals surface area contributed by atoms with Gasteiger partial charge in [0.15, 0.2) is 11.0 Å². The van der Waals surface area contributed by atoms with Crippen LogP contribution in [0.1, 0.15) is 12.5 Å². The number of ether oxygens (including phenoxy) is 1. The number of aryl methyl sites for hydroxylation is 1. The van der Waals surface area contributed by atoms with Crippen molar-refractivity contribution in [2.45, 2.75) is 25.5 Å². The smallest absolute Gasteiger partial charge is 0.234 e. The van der Waals surface area contributed by atoms with Crippen molar-refractivity contribution in [3.8, 4) is 17.1 Å². The average Bonchev–Trinajstić information content (AvgIpc) is 3.10. The molecule has 1 amide bonds. The van der Waals surface area contributed by atoms with Crippen LogP contribution in [0.4, 0.5) is 5.69 Å². The van der Waals surface area contributed by atoms with Crippen molar-refractivity contribution >= 4 is 35.0 Å². The van der Waals surface area contributed by atoms with Gasteiger partial charge in [-0.2, -0.15) is 0 Å². The molecule has 1 aromatic heterocycles. The Morgan fingerprint density at radius 3 is 2.64 bits per heavy atom. The zero-order chi connectivity index (χ0) is 20.1. The van der Waals surface area contributed by atoms with Gasteiger partial charge in [0, 0.05) is 17.1 Å². The second-order valence-corrected chi connectivity index (χ2v) is 7.48. The average molecular weight is 417 g/mol. The Morgan fingerprint density at radius 1 is 1.21 bits per heavy atom. The highest BCUT2D eigenvalue weighted by molar-refractivity contribution is 7.99. The molecule has 0 saturated heterocycles. The third kappa shape index (κ3) is 4.66. The predicted molar refractivity (Wildman–Crippen MR) is 113 cm³/mol. The number of rotatable bonds is 7. The lowest BCUT2D eigenvalue weighted by Gasteiger charge is -2.11. The first kappa shape index (κ1) is 20.2. The molecule has 0 fully saturated rings. The number of hydrogen-bond donors (Lipinski definition) is 1. The van der Waals surface area contributed by atoms with E-state index in [4.69, 9.17) is 16.3 Å². The van der Waals surface area contributed by atoms with Crippen molar-refractivity contribution in [1.29, 1.82) is 0 Å². The lowest BCUT2D eigenvalue weighted by Crippen LogP contribution is -2.15. The Bertz CT molecular complexity index is 973. The van der Waals surface area contributed by atoms with Crippen molar-refractivity contribution in [2.24, 2.45) is 0 Å². The fourth-order valence-electron chi connectivity index (χ4n) is 2.73. The van der Waals surface area contributed by atoms with E-state index in [0.717, 1.165) is 17.0 Å². The van der Waals surface area contributed by atoms with Crippen LogP contribution in [0.25, 0.3) is 11.4 Å². The standard InChI is InChI=1S/C20H21ClN4O2S/c1-4-25-19(14-6-8-15(21)9-7-14)23-24-20(25)28-12-18(26)22-16-11-13(2)5-10-17(16)27-3/h5-11H,4,12H2,1-3H3,(H,22,26). The molecule has 1 N–H and O–H groups in total. The summed E-state index contributed by atoms with van der Waals surface area (Å²) in [5.41, 5.74) is 2.63. The first-order valence-electron chi connectivity index (χ1n) is 8.78. The number of aromatic nitrogens is 3. The van der Waals surface area contributed by atoms with Gasteiger partial charge in [0.25, 0.3) is 0 Å². The van der Waals surface area contributed by atoms with Crippen LogP contribution >= 0.6 is 23.4 Å². The fraction of sp³-hybridized carbons (Fsp3) is 0.250. The van der Waals surface area contributed by atoms with Gasteiger partial charge >= 0.3 is 0 Å². The maximum atomic E-state index is 12.4. The van der Waals surface area contributed by atoms with Gasteiger partial charge < -0.3 is 14.6 Å². The van der Waals surface area contributed by atoms with E-state index in [0.29, 0.717) is 28.2 Å². The molecule has 146 valence electrons. The summed E-state index contributed by atoms with van der Waals surface area (Å²) in [6, 6.07) is 13.1. The van der Waals surface area contributed by atoms with E-state index in [1.54, 1.807) is 7.11 Å². The number of hydrogen-bond acceptors (Lipinski definition) is 5. The maximum absolute atomic E-state index is 12.4. The van der Waals surface area contributed by atoms with E-state index in [1.165, 1.54) is 11.8 Å². The summed E-state index contributed by atoms with van der Waals surface area (Å²) in [5.74, 6) is 1.47. The number of nitrogens with zero attached hydrogens (tertiary/aromatic N) is 3. The largest absolute Gasteiger partial charge is 0.495 e. The van der Waals surface area contributed by atoms with Gasteiger partial charge in [0.2, 0.25) is 5.91 Å². The molecule has 0 aliphatic heterocycles. The molecule has 0 spiro atoms. The first-order valence-corrected chi connectivity index (χ1v) is 10.1. The van der Waals surface area contributed by atoms with Crippen LogP contribution < -0.4 is 10.1 Å². The van der Waals surface area contributed by atoms with Crippen LogP contribution in [0.5, 0.6) is 5.75 Å². The van der Waals surface area contributed by atoms with E-state index in [9.17, 15) is 4.79 Å². The molecule has 1 heterocycles. The number of thioether (sulfide) groups is 1. The van der Waals surface area contributed by atoms with Crippen LogP contribution in [0.2, 0.25) is 5.02 Å². The molecular formula is C20H21ClN4O2S. The molecule has 8 heteroatoms. The van der Waals surface area contributed by atoms with Crippen LogP contribution in [0, 0.1) is 6.92 Å². The zero-order valence-electron chi connectivity index (χ0n) is 15.9. The Morgan fingerprint density at radius 2 is 1.96 bits per heavy atom. The lowest BCUT2D eigenvalue weighted by molar-refractivity contribution is -0.113. The number of carbonyl (C=O) groups is 1. The Labute approximate surface area is 173 Å². The number of benzene rings is 2. The number of amides is 1. The number of nitrogens with one attached hydrogen (secondary N) is 1. The zero-order valence-corrected chi connectivity index (χ0v) is 17.5. The van der Waals surface area contributed by atoms with Crippen molar-refractivity contribution < 1.29 is 9.53 Å². The topological polar surface area (TPSA) is 69.0 Å². The highest BCUT2D eigenvalue weighted by Gasteiger charge is 2.15. The van der Waals surface area contributed by atoms with Gasteiger partial charge in [0.05, 0.1) is 18.6 Å². The normalized spacial score (nSPS) is 10.7. The van der Waals surface area contributed by atoms with Gasteiger partial charge in [0.1, 0.15) is 5.75 Å². The van der Waals surface area contributed by atoms with Gasteiger partial charge in [-0.25, -0.2) is 0 Å². The Kier molecular flexibility index (Phi) is 6.59. The number of anilines is 1. The van der Waals surface area contributed by atoms with Gasteiger partial charge in [-0.3, -0.25) is 4.79 Å². The van der Waals surface area contributed by atoms with E-state index in [2.05, 4.69) is 15.5 Å². The molecule has 3 rings (SSSR count). The van der Waals surface area contributed by atoms with Crippen LogP contribution in [0.3, 0.4) is 0 Å². The van der Waals surface area contributed by atoms with E-state index < -0.39 is 0 Å². The molecule has 0 unspecified atom stereocenters. The molecular weight excluding hydrogens is 396 g/mol. The lowest BCUT2D eigenvalue weighted by atomic mass is 10.2. The Balaban J connectivity index is 1.70. The van der Waals surface area contributed by atoms with E-state index in [1.807, 2.05) is 60.9 Å². The summed E-state index contributed by atoms with van der Waals surface area (Å²) in [6.45, 7) is 4.68. The van der Waals surface area contributed by atoms with E-state index in [-0.39, 0.29) is 11.7 Å². The molecule has 0 aliphatic carbocycles. The summed E-state index contributed by atoms with van der Waals surface area (Å²) in [4.78, 5) is 12.4. The molecule has 2 aromatic carbocycles. The Hall–Kier alpha value is -2.51. The SMILES string of the molecule is CCn1c(SCC(=O)Nc2cc(C)ccc2OC)nnc1-c1ccc(Cl)cc1. The minimum absolute atomic E-state index is 0.132. The van der Waals surface area contributed by atoms with Crippen LogP contribution in [0.15, 0.2) is 47.6 Å². The minimum Gasteiger partial charge on any atom is -0.495 e. The predicted octanol–water partition coefficient (Wildman–Crippen LogP) is 4.67. The van der Waals surface area contributed by atoms with E-state index >= 15 is 0 Å². The minimum atomic E-state index is -0.132. The third-order valence-electron chi connectivity index (χ3n) is 4.10. The fourth-order valence-corrected chi connectivity index (χ4v) is 3.66. The van der Waals surface area contributed by atoms with Crippen molar-refractivity contribution in [1.82, 2.24) is 14.8 Å². The number of carbonyl (C=O) groups excluding carboxylic acids is 1. The monoisotopic (exact) mass is 416 g/mol. The van der Waals surface area contributed by atoms with Gasteiger partial charge in [-0.1, -0.05) is 29.4 Å². The quantitative estimate of drug-likeness (QED) is 0.567. The molecule has 6 nitrogen and oxygen atoms in total. The molecule has 0 atom stereocenters. The van der Waals surface area contributed by atoms with Crippen LogP contribution in [-0.4, -0.2) is 33.5 Å². The summed E-state index contributed by atoms with van der Waals surface area (Å²) < 4.78 is 7.28. The highest BCUT2D eigenvalue weighted by Crippen LogP contribution is 2.27. The molecule has 3 aromatic rings. The van der Waals surface area contributed by atoms with Gasteiger partial charge in [-0.15, -0.1) is 10.2 Å². The van der Waals surface area contributed by atoms with Crippen molar-refractivity contribution in [3.05, 3.63) is 53.1 Å². The second kappa shape index (κ2) is 9.12. The number of methoxy groups -OCH3 is 1. The summed E-state index contributed by atoms with van der Waals surface area (Å²) >= 11 is 7.31. The molecule has 28 heavy (non-hydrogen) atoms. The second-order valence-electron chi connectivity index (χ2n) is 6.10. The summed E-state index contributed by atoms with van der Waals surface area (Å²) in [7, 11) is 1.58. The van der Waals surface area contributed by atoms with Crippen molar-refractivity contribution in [3.63, 3.8) is 0 Å². The summed E-state index contributed by atoms with van der Waals surface area (Å²) in [6.07, 6.45) is 0. The number of halogens is 1. The third-order valence-corrected chi connectivity index (χ3v) is 5.32. The highest BCUT2D eigenvalue weighted by atomic mass is 35.5. The first-order chi connectivity index (χ1) is 13.5. The summed E-state index contributed by atoms with van der Waals surface area (Å²) in [5, 5.41) is 12.8. The molecule has 0 saturated carbocycles.